The van der Waals surface area contributed by atoms with E-state index in [0.29, 0.717) is 5.11 Å². The van der Waals surface area contributed by atoms with Gasteiger partial charge < -0.3 is 15.5 Å². The molecule has 1 aliphatic heterocycles. The molecular formula is C14H13N3OS. The van der Waals surface area contributed by atoms with E-state index in [0.717, 1.165) is 22.6 Å². The van der Waals surface area contributed by atoms with Crippen molar-refractivity contribution in [2.75, 3.05) is 0 Å². The molecule has 0 saturated heterocycles. The summed E-state index contributed by atoms with van der Waals surface area (Å²) >= 11 is 5.11. The molecular weight excluding hydrogens is 258 g/mol. The van der Waals surface area contributed by atoms with Crippen molar-refractivity contribution in [1.82, 2.24) is 10.7 Å². The largest absolute Gasteiger partial charge is 0.457 e. The van der Waals surface area contributed by atoms with E-state index in [-0.39, 0.29) is 6.04 Å². The topological polar surface area (TPSA) is 59.3 Å². The standard InChI is InChI=1S/C14H13N3OS/c15-17-14(19)16-13-9-5-1-3-7-11(9)18-12-8-4-2-6-10(12)13/h1-8,13H,15H2,(H2,16,17,19). The summed E-state index contributed by atoms with van der Waals surface area (Å²) in [5, 5.41) is 3.60. The average molecular weight is 271 g/mol. The highest BCUT2D eigenvalue weighted by atomic mass is 32.1. The van der Waals surface area contributed by atoms with E-state index >= 15 is 0 Å². The Hall–Kier alpha value is -2.11. The van der Waals surface area contributed by atoms with Crippen LogP contribution in [-0.2, 0) is 0 Å². The van der Waals surface area contributed by atoms with Gasteiger partial charge in [-0.3, -0.25) is 0 Å². The Balaban J connectivity index is 2.08. The predicted octanol–water partition coefficient (Wildman–Crippen LogP) is 2.22. The summed E-state index contributed by atoms with van der Waals surface area (Å²) in [6.07, 6.45) is 0. The number of thiocarbonyl (C=S) groups is 1. The van der Waals surface area contributed by atoms with Crippen LogP contribution in [0.5, 0.6) is 11.5 Å². The lowest BCUT2D eigenvalue weighted by Gasteiger charge is -2.29. The summed E-state index contributed by atoms with van der Waals surface area (Å²) in [6, 6.07) is 15.7. The Morgan fingerprint density at radius 2 is 1.53 bits per heavy atom. The summed E-state index contributed by atoms with van der Waals surface area (Å²) in [5.74, 6) is 7.01. The first-order valence-corrected chi connectivity index (χ1v) is 6.33. The number of hydrazine groups is 1. The van der Waals surface area contributed by atoms with E-state index in [1.165, 1.54) is 0 Å². The maximum atomic E-state index is 5.89. The first-order chi connectivity index (χ1) is 9.29. The van der Waals surface area contributed by atoms with Gasteiger partial charge in [-0.2, -0.15) is 0 Å². The van der Waals surface area contributed by atoms with Crippen molar-refractivity contribution in [2.45, 2.75) is 6.04 Å². The van der Waals surface area contributed by atoms with Crippen LogP contribution in [0.2, 0.25) is 0 Å². The number of para-hydroxylation sites is 2. The van der Waals surface area contributed by atoms with Crippen LogP contribution in [0, 0.1) is 0 Å². The second-order valence-corrected chi connectivity index (χ2v) is 4.64. The average Bonchev–Trinajstić information content (AvgIpc) is 2.46. The highest BCUT2D eigenvalue weighted by Gasteiger charge is 2.26. The zero-order chi connectivity index (χ0) is 13.2. The lowest BCUT2D eigenvalue weighted by Crippen LogP contribution is -2.42. The van der Waals surface area contributed by atoms with E-state index in [9.17, 15) is 0 Å². The Labute approximate surface area is 116 Å². The molecule has 1 aliphatic rings. The first kappa shape index (κ1) is 12.0. The zero-order valence-electron chi connectivity index (χ0n) is 10.1. The number of benzene rings is 2. The van der Waals surface area contributed by atoms with E-state index in [4.69, 9.17) is 22.8 Å². The highest BCUT2D eigenvalue weighted by Crippen LogP contribution is 2.42. The molecule has 0 aromatic heterocycles. The van der Waals surface area contributed by atoms with E-state index in [1.54, 1.807) is 0 Å². The molecule has 0 saturated carbocycles. The molecule has 2 aromatic carbocycles. The number of rotatable bonds is 1. The van der Waals surface area contributed by atoms with Gasteiger partial charge in [-0.25, -0.2) is 5.84 Å². The molecule has 4 nitrogen and oxygen atoms in total. The number of hydrogen-bond donors (Lipinski definition) is 3. The van der Waals surface area contributed by atoms with Crippen molar-refractivity contribution in [3.63, 3.8) is 0 Å². The third kappa shape index (κ3) is 2.14. The van der Waals surface area contributed by atoms with Crippen LogP contribution in [0.4, 0.5) is 0 Å². The maximum Gasteiger partial charge on any atom is 0.181 e. The molecule has 0 aliphatic carbocycles. The molecule has 0 fully saturated rings. The van der Waals surface area contributed by atoms with Crippen molar-refractivity contribution < 1.29 is 4.74 Å². The fraction of sp³-hybridized carbons (Fsp3) is 0.0714. The number of fused-ring (bicyclic) bond motifs is 2. The van der Waals surface area contributed by atoms with Crippen molar-refractivity contribution in [1.29, 1.82) is 0 Å². The van der Waals surface area contributed by atoms with E-state index < -0.39 is 0 Å². The van der Waals surface area contributed by atoms with E-state index in [2.05, 4.69) is 10.7 Å². The van der Waals surface area contributed by atoms with Crippen molar-refractivity contribution >= 4 is 17.3 Å². The molecule has 19 heavy (non-hydrogen) atoms. The minimum atomic E-state index is -0.0651. The number of hydrogen-bond acceptors (Lipinski definition) is 3. The molecule has 2 aromatic rings. The number of ether oxygens (including phenoxy) is 1. The highest BCUT2D eigenvalue weighted by molar-refractivity contribution is 7.80. The van der Waals surface area contributed by atoms with Gasteiger partial charge in [0, 0.05) is 11.1 Å². The van der Waals surface area contributed by atoms with Crippen molar-refractivity contribution in [3.8, 4) is 11.5 Å². The summed E-state index contributed by atoms with van der Waals surface area (Å²) in [5.41, 5.74) is 4.53. The quantitative estimate of drug-likeness (QED) is 0.422. The maximum absolute atomic E-state index is 5.89. The van der Waals surface area contributed by atoms with E-state index in [1.807, 2.05) is 48.5 Å². The predicted molar refractivity (Wildman–Crippen MR) is 77.9 cm³/mol. The lowest BCUT2D eigenvalue weighted by atomic mass is 9.95. The molecule has 0 atom stereocenters. The Bertz CT molecular complexity index is 584. The molecule has 0 unspecified atom stereocenters. The first-order valence-electron chi connectivity index (χ1n) is 5.92. The van der Waals surface area contributed by atoms with Crippen LogP contribution in [0.1, 0.15) is 17.2 Å². The number of nitrogens with two attached hydrogens (primary N) is 1. The van der Waals surface area contributed by atoms with Gasteiger partial charge in [0.15, 0.2) is 5.11 Å². The van der Waals surface area contributed by atoms with Gasteiger partial charge in [-0.1, -0.05) is 36.4 Å². The molecule has 0 bridgehead atoms. The minimum absolute atomic E-state index is 0.0651. The van der Waals surface area contributed by atoms with Gasteiger partial charge in [0.05, 0.1) is 6.04 Å². The van der Waals surface area contributed by atoms with Gasteiger partial charge in [0.1, 0.15) is 11.5 Å². The molecule has 96 valence electrons. The molecule has 4 N–H and O–H groups in total. The normalized spacial score (nSPS) is 12.9. The Kier molecular flexibility index (Phi) is 3.06. The second kappa shape index (κ2) is 4.87. The summed E-state index contributed by atoms with van der Waals surface area (Å²) < 4.78 is 5.89. The van der Waals surface area contributed by atoms with Gasteiger partial charge in [-0.05, 0) is 24.4 Å². The SMILES string of the molecule is NNC(=S)NC1c2ccccc2Oc2ccccc21. The fourth-order valence-corrected chi connectivity index (χ4v) is 2.36. The Morgan fingerprint density at radius 3 is 2.05 bits per heavy atom. The van der Waals surface area contributed by atoms with Crippen LogP contribution in [0.25, 0.3) is 0 Å². The molecule has 5 heteroatoms. The molecule has 0 spiro atoms. The Morgan fingerprint density at radius 1 is 1.00 bits per heavy atom. The third-order valence-corrected chi connectivity index (χ3v) is 3.32. The van der Waals surface area contributed by atoms with Crippen LogP contribution in [0.3, 0.4) is 0 Å². The summed E-state index contributed by atoms with van der Waals surface area (Å²) in [6.45, 7) is 0. The van der Waals surface area contributed by atoms with Gasteiger partial charge >= 0.3 is 0 Å². The third-order valence-electron chi connectivity index (χ3n) is 3.09. The van der Waals surface area contributed by atoms with Crippen LogP contribution < -0.4 is 21.3 Å². The molecule has 0 radical (unpaired) electrons. The van der Waals surface area contributed by atoms with Crippen molar-refractivity contribution in [3.05, 3.63) is 59.7 Å². The molecule has 1 heterocycles. The zero-order valence-corrected chi connectivity index (χ0v) is 10.9. The van der Waals surface area contributed by atoms with Crippen LogP contribution in [0.15, 0.2) is 48.5 Å². The second-order valence-electron chi connectivity index (χ2n) is 4.23. The number of nitrogens with one attached hydrogen (secondary N) is 2. The van der Waals surface area contributed by atoms with Gasteiger partial charge in [-0.15, -0.1) is 0 Å². The minimum Gasteiger partial charge on any atom is -0.457 e. The fourth-order valence-electron chi connectivity index (χ4n) is 2.24. The molecule has 0 amide bonds. The van der Waals surface area contributed by atoms with Crippen LogP contribution >= 0.6 is 12.2 Å². The molecule has 3 rings (SSSR count). The van der Waals surface area contributed by atoms with Gasteiger partial charge in [0.2, 0.25) is 0 Å². The van der Waals surface area contributed by atoms with Gasteiger partial charge in [0.25, 0.3) is 0 Å². The monoisotopic (exact) mass is 271 g/mol. The lowest BCUT2D eigenvalue weighted by molar-refractivity contribution is 0.441. The summed E-state index contributed by atoms with van der Waals surface area (Å²) in [4.78, 5) is 0. The van der Waals surface area contributed by atoms with Crippen LogP contribution in [-0.4, -0.2) is 5.11 Å². The summed E-state index contributed by atoms with van der Waals surface area (Å²) in [7, 11) is 0. The smallest absolute Gasteiger partial charge is 0.181 e. The van der Waals surface area contributed by atoms with Crippen molar-refractivity contribution in [2.24, 2.45) is 5.84 Å².